The Kier molecular flexibility index (Phi) is 5.41. The number of halogens is 3. The zero-order chi connectivity index (χ0) is 21.3. The molecule has 0 saturated heterocycles. The molecule has 0 aliphatic heterocycles. The molecule has 3 aromatic heterocycles. The summed E-state index contributed by atoms with van der Waals surface area (Å²) in [6.07, 6.45) is 5.90. The Morgan fingerprint density at radius 2 is 2.07 bits per heavy atom. The van der Waals surface area contributed by atoms with Crippen LogP contribution in [0, 0.1) is 0 Å². The molecule has 4 rings (SSSR count). The van der Waals surface area contributed by atoms with Crippen molar-refractivity contribution in [2.24, 2.45) is 0 Å². The summed E-state index contributed by atoms with van der Waals surface area (Å²) in [5.74, 6) is 0.0657. The Hall–Kier alpha value is -3.02. The van der Waals surface area contributed by atoms with Crippen molar-refractivity contribution in [3.05, 3.63) is 36.9 Å². The predicted octanol–water partition coefficient (Wildman–Crippen LogP) is 1.85. The minimum Gasteiger partial charge on any atom is -0.348 e. The number of amides is 1. The molecule has 1 aliphatic rings. The summed E-state index contributed by atoms with van der Waals surface area (Å²) >= 11 is 0. The van der Waals surface area contributed by atoms with Gasteiger partial charge in [0.25, 0.3) is 5.91 Å². The zero-order valence-electron chi connectivity index (χ0n) is 16.2. The lowest BCUT2D eigenvalue weighted by atomic mass is 9.90. The molecule has 12 heteroatoms. The molecule has 0 atom stereocenters. The zero-order valence-corrected chi connectivity index (χ0v) is 16.2. The Labute approximate surface area is 169 Å². The molecule has 160 valence electrons. The maximum atomic E-state index is 12.8. The number of nitrogens with zero attached hydrogens (tertiary/aromatic N) is 7. The second-order valence-electron chi connectivity index (χ2n) is 7.46. The van der Waals surface area contributed by atoms with Gasteiger partial charge in [0.05, 0.1) is 12.7 Å². The average Bonchev–Trinajstić information content (AvgIpc) is 3.38. The molecule has 0 unspecified atom stereocenters. The van der Waals surface area contributed by atoms with Gasteiger partial charge in [-0.1, -0.05) is 0 Å². The normalized spacial score (nSPS) is 20.0. The minimum atomic E-state index is -4.21. The smallest absolute Gasteiger partial charge is 0.348 e. The third kappa shape index (κ3) is 4.42. The Bertz CT molecular complexity index is 1010. The monoisotopic (exact) mass is 422 g/mol. The lowest BCUT2D eigenvalue weighted by Gasteiger charge is -2.35. The predicted molar refractivity (Wildman–Crippen MR) is 100 cm³/mol. The van der Waals surface area contributed by atoms with Gasteiger partial charge < -0.3 is 5.32 Å². The fourth-order valence-corrected chi connectivity index (χ4v) is 3.81. The van der Waals surface area contributed by atoms with E-state index in [2.05, 4.69) is 25.4 Å². The number of hydrogen-bond acceptors (Lipinski definition) is 6. The highest BCUT2D eigenvalue weighted by Gasteiger charge is 2.33. The van der Waals surface area contributed by atoms with Gasteiger partial charge in [-0.05, 0) is 32.7 Å². The van der Waals surface area contributed by atoms with E-state index in [4.69, 9.17) is 0 Å². The Morgan fingerprint density at radius 1 is 1.30 bits per heavy atom. The molecule has 1 fully saturated rings. The number of carbonyl (C=O) groups is 1. The van der Waals surface area contributed by atoms with E-state index in [0.717, 1.165) is 0 Å². The molecule has 1 saturated carbocycles. The highest BCUT2D eigenvalue weighted by atomic mass is 19.4. The maximum absolute atomic E-state index is 12.8. The lowest BCUT2D eigenvalue weighted by Crippen LogP contribution is -2.45. The van der Waals surface area contributed by atoms with Crippen LogP contribution in [0.2, 0.25) is 0 Å². The van der Waals surface area contributed by atoms with Crippen molar-refractivity contribution < 1.29 is 18.0 Å². The number of alkyl halides is 3. The van der Waals surface area contributed by atoms with Crippen LogP contribution in [0.4, 0.5) is 13.2 Å². The van der Waals surface area contributed by atoms with E-state index in [1.54, 1.807) is 23.3 Å². The second kappa shape index (κ2) is 8.01. The number of fused-ring (bicyclic) bond motifs is 1. The van der Waals surface area contributed by atoms with E-state index >= 15 is 0 Å². The van der Waals surface area contributed by atoms with Crippen LogP contribution < -0.4 is 5.32 Å². The van der Waals surface area contributed by atoms with Crippen LogP contribution in [0.1, 0.15) is 36.2 Å². The summed E-state index contributed by atoms with van der Waals surface area (Å²) < 4.78 is 40.9. The van der Waals surface area contributed by atoms with Crippen LogP contribution in [0.5, 0.6) is 0 Å². The molecule has 0 bridgehead atoms. The highest BCUT2D eigenvalue weighted by molar-refractivity contribution is 5.92. The van der Waals surface area contributed by atoms with Gasteiger partial charge in [0, 0.05) is 24.5 Å². The minimum absolute atomic E-state index is 0.113. The van der Waals surface area contributed by atoms with Gasteiger partial charge in [0.15, 0.2) is 11.5 Å². The summed E-state index contributed by atoms with van der Waals surface area (Å²) in [5.41, 5.74) is 0.658. The molecule has 30 heavy (non-hydrogen) atoms. The quantitative estimate of drug-likeness (QED) is 0.675. The van der Waals surface area contributed by atoms with Gasteiger partial charge in [-0.15, -0.1) is 0 Å². The van der Waals surface area contributed by atoms with E-state index in [-0.39, 0.29) is 23.7 Å². The standard InChI is InChI=1S/C18H21F3N8O/c1-27(9-18(19,20)21)13-4-2-12(3-5-13)25-17(30)14-8-29-15(23-10-24-29)16(26-14)28-7-6-22-11-28/h6-8,10-13H,2-5,9H2,1H3,(H,25,30). The molecule has 0 radical (unpaired) electrons. The van der Waals surface area contributed by atoms with Crippen molar-refractivity contribution in [3.63, 3.8) is 0 Å². The van der Waals surface area contributed by atoms with Crippen molar-refractivity contribution in [3.8, 4) is 5.82 Å². The molecular formula is C18H21F3N8O. The van der Waals surface area contributed by atoms with Gasteiger partial charge in [-0.2, -0.15) is 18.3 Å². The number of carbonyl (C=O) groups excluding carboxylic acids is 1. The first-order valence-electron chi connectivity index (χ1n) is 9.57. The van der Waals surface area contributed by atoms with Crippen LogP contribution in [-0.2, 0) is 0 Å². The largest absolute Gasteiger partial charge is 0.401 e. The molecule has 9 nitrogen and oxygen atoms in total. The average molecular weight is 422 g/mol. The van der Waals surface area contributed by atoms with Gasteiger partial charge in [0.2, 0.25) is 0 Å². The van der Waals surface area contributed by atoms with E-state index in [1.807, 2.05) is 0 Å². The van der Waals surface area contributed by atoms with E-state index in [1.165, 1.54) is 29.0 Å². The van der Waals surface area contributed by atoms with Gasteiger partial charge >= 0.3 is 6.18 Å². The fraction of sp³-hybridized carbons (Fsp3) is 0.500. The van der Waals surface area contributed by atoms with E-state index in [9.17, 15) is 18.0 Å². The molecule has 1 N–H and O–H groups in total. The molecule has 3 heterocycles. The number of rotatable bonds is 5. The van der Waals surface area contributed by atoms with Crippen molar-refractivity contribution in [2.45, 2.75) is 43.9 Å². The maximum Gasteiger partial charge on any atom is 0.401 e. The molecule has 3 aromatic rings. The van der Waals surface area contributed by atoms with Crippen molar-refractivity contribution in [1.29, 1.82) is 0 Å². The topological polar surface area (TPSA) is 93.2 Å². The second-order valence-corrected chi connectivity index (χ2v) is 7.46. The molecule has 0 spiro atoms. The van der Waals surface area contributed by atoms with E-state index < -0.39 is 12.7 Å². The number of aromatic nitrogens is 6. The molecular weight excluding hydrogens is 401 g/mol. The summed E-state index contributed by atoms with van der Waals surface area (Å²) in [4.78, 5) is 26.7. The van der Waals surface area contributed by atoms with Gasteiger partial charge in [-0.25, -0.2) is 19.5 Å². The van der Waals surface area contributed by atoms with Gasteiger partial charge in [0.1, 0.15) is 18.3 Å². The molecule has 0 aromatic carbocycles. The fourth-order valence-electron chi connectivity index (χ4n) is 3.81. The summed E-state index contributed by atoms with van der Waals surface area (Å²) in [5, 5.41) is 7.04. The number of imidazole rings is 1. The van der Waals surface area contributed by atoms with Crippen LogP contribution in [-0.4, -0.2) is 71.8 Å². The van der Waals surface area contributed by atoms with Crippen LogP contribution in [0.15, 0.2) is 31.2 Å². The first kappa shape index (κ1) is 20.3. The Balaban J connectivity index is 1.42. The van der Waals surface area contributed by atoms with Crippen LogP contribution in [0.25, 0.3) is 11.5 Å². The van der Waals surface area contributed by atoms with Crippen molar-refractivity contribution in [2.75, 3.05) is 13.6 Å². The molecule has 1 amide bonds. The van der Waals surface area contributed by atoms with Crippen LogP contribution in [0.3, 0.4) is 0 Å². The summed E-state index contributed by atoms with van der Waals surface area (Å²) in [6, 6.07) is -0.254. The summed E-state index contributed by atoms with van der Waals surface area (Å²) in [7, 11) is 1.49. The third-order valence-corrected chi connectivity index (χ3v) is 5.31. The van der Waals surface area contributed by atoms with Crippen LogP contribution >= 0.6 is 0 Å². The first-order valence-corrected chi connectivity index (χ1v) is 9.57. The lowest BCUT2D eigenvalue weighted by molar-refractivity contribution is -0.148. The van der Waals surface area contributed by atoms with E-state index in [0.29, 0.717) is 37.1 Å². The molecule has 1 aliphatic carbocycles. The summed E-state index contributed by atoms with van der Waals surface area (Å²) in [6.45, 7) is -0.923. The number of hydrogen-bond donors (Lipinski definition) is 1. The van der Waals surface area contributed by atoms with Gasteiger partial charge in [-0.3, -0.25) is 14.3 Å². The number of nitrogens with one attached hydrogen (secondary N) is 1. The van der Waals surface area contributed by atoms with Crippen molar-refractivity contribution in [1.82, 2.24) is 39.3 Å². The highest BCUT2D eigenvalue weighted by Crippen LogP contribution is 2.25. The Morgan fingerprint density at radius 3 is 2.73 bits per heavy atom. The van der Waals surface area contributed by atoms with Crippen molar-refractivity contribution >= 4 is 11.6 Å². The SMILES string of the molecule is CN(CC(F)(F)F)C1CCC(NC(=O)c2cn3ncnc3c(-n3ccnc3)n2)CC1. The third-order valence-electron chi connectivity index (χ3n) is 5.31. The first-order chi connectivity index (χ1) is 14.3.